The second-order valence-corrected chi connectivity index (χ2v) is 12.1. The molecule has 2 heterocycles. The van der Waals surface area contributed by atoms with Crippen molar-refractivity contribution in [2.75, 3.05) is 6.61 Å². The average Bonchev–Trinajstić information content (AvgIpc) is 3.14. The Morgan fingerprint density at radius 1 is 1.30 bits per heavy atom. The second kappa shape index (κ2) is 13.6. The minimum Gasteiger partial charge on any atom is -0.462 e. The normalized spacial score (nSPS) is 25.4. The van der Waals surface area contributed by atoms with Crippen LogP contribution < -0.4 is 20.9 Å². The van der Waals surface area contributed by atoms with E-state index in [9.17, 15) is 34.7 Å². The zero-order valence-corrected chi connectivity index (χ0v) is 24.7. The van der Waals surface area contributed by atoms with Gasteiger partial charge in [-0.1, -0.05) is 43.1 Å². The minimum absolute atomic E-state index is 0.0578. The number of azide groups is 1. The predicted molar refractivity (Wildman–Crippen MR) is 151 cm³/mol. The van der Waals surface area contributed by atoms with Crippen molar-refractivity contribution < 1.29 is 38.1 Å². The summed E-state index contributed by atoms with van der Waals surface area (Å²) >= 11 is 0. The number of aliphatic hydroxyl groups excluding tert-OH is 1. The van der Waals surface area contributed by atoms with Crippen LogP contribution in [0.5, 0.6) is 5.75 Å². The number of hydrogen-bond donors (Lipinski definition) is 4. The van der Waals surface area contributed by atoms with Crippen molar-refractivity contribution >= 4 is 13.7 Å². The number of nitrogens with one attached hydrogen (secondary N) is 2. The third-order valence-corrected chi connectivity index (χ3v) is 7.70. The molecule has 1 aliphatic rings. The van der Waals surface area contributed by atoms with Gasteiger partial charge < -0.3 is 24.2 Å². The molecule has 43 heavy (non-hydrogen) atoms. The second-order valence-electron chi connectivity index (χ2n) is 10.4. The first-order chi connectivity index (χ1) is 20.2. The summed E-state index contributed by atoms with van der Waals surface area (Å²) in [5, 5.41) is 28.4. The first kappa shape index (κ1) is 33.6. The van der Waals surface area contributed by atoms with Crippen molar-refractivity contribution in [1.29, 1.82) is 0 Å². The number of ether oxygens (including phenoxy) is 2. The maximum atomic E-state index is 14.2. The number of aromatic amines is 1. The van der Waals surface area contributed by atoms with Crippen LogP contribution in [0.15, 0.2) is 57.3 Å². The maximum Gasteiger partial charge on any atom is 0.459 e. The minimum atomic E-state index is -4.63. The maximum absolute atomic E-state index is 14.2. The molecule has 2 unspecified atom stereocenters. The Bertz CT molecular complexity index is 1550. The highest BCUT2D eigenvalue weighted by Gasteiger charge is 2.64. The molecule has 232 valence electrons. The van der Waals surface area contributed by atoms with Gasteiger partial charge in [-0.2, -0.15) is 5.09 Å². The van der Waals surface area contributed by atoms with Crippen molar-refractivity contribution in [2.24, 2.45) is 11.0 Å². The van der Waals surface area contributed by atoms with E-state index >= 15 is 0 Å². The summed E-state index contributed by atoms with van der Waals surface area (Å²) in [5.41, 5.74) is 2.18. The third kappa shape index (κ3) is 7.73. The summed E-state index contributed by atoms with van der Waals surface area (Å²) < 4.78 is 37.2. The lowest BCUT2D eigenvalue weighted by Gasteiger charge is -2.31. The Balaban J connectivity index is 2.04. The Labute approximate surface area is 246 Å². The molecule has 3 rings (SSSR count). The number of hydrogen-bond acceptors (Lipinski definition) is 11. The number of para-hydroxylation sites is 1. The smallest absolute Gasteiger partial charge is 0.459 e. The van der Waals surface area contributed by atoms with E-state index in [0.29, 0.717) is 4.57 Å². The highest BCUT2D eigenvalue weighted by Crippen LogP contribution is 2.50. The van der Waals surface area contributed by atoms with Crippen molar-refractivity contribution in [1.82, 2.24) is 14.6 Å². The third-order valence-electron chi connectivity index (χ3n) is 6.15. The molecular weight excluding hydrogens is 587 g/mol. The Morgan fingerprint density at radius 2 is 1.98 bits per heavy atom. The highest BCUT2D eigenvalue weighted by atomic mass is 31.2. The molecule has 0 spiro atoms. The summed E-state index contributed by atoms with van der Waals surface area (Å²) in [5.74, 6) is 1.16. The van der Waals surface area contributed by atoms with E-state index in [1.165, 1.54) is 12.1 Å². The van der Waals surface area contributed by atoms with E-state index in [1.54, 1.807) is 32.0 Å². The molecule has 0 bridgehead atoms. The largest absolute Gasteiger partial charge is 0.462 e. The molecule has 17 heteroatoms. The Hall–Kier alpha value is -3.93. The van der Waals surface area contributed by atoms with E-state index in [4.69, 9.17) is 24.9 Å². The molecule has 6 atom stereocenters. The number of nitrogens with zero attached hydrogens (tertiary/aromatic N) is 4. The first-order valence-corrected chi connectivity index (χ1v) is 14.6. The zero-order chi connectivity index (χ0) is 32.0. The number of benzene rings is 1. The predicted octanol–water partition coefficient (Wildman–Crippen LogP) is 1.96. The molecule has 0 amide bonds. The van der Waals surface area contributed by atoms with Gasteiger partial charge in [0, 0.05) is 17.2 Å². The van der Waals surface area contributed by atoms with Crippen LogP contribution in [0.25, 0.3) is 10.4 Å². The van der Waals surface area contributed by atoms with Gasteiger partial charge in [0.25, 0.3) is 5.56 Å². The standard InChI is InChI=1S/C26H33N6O10P/c1-6-25(37)22(35)26(30-31-27,41-23(25)32-13-12-20(33)28-24(32)36)15-39-43(38,42-18-10-8-7-9-11-18)29-19(14-16(2)3)21(34)40-17(4)5/h1,7-13,16-17,19,22-23,35,37H,14-15H2,2-5H3,(H,29,38)(H,28,33,36)/t19-,22-,23?,25+,26+,43?/m0/s1. The van der Waals surface area contributed by atoms with Crippen molar-refractivity contribution in [3.05, 3.63) is 73.9 Å². The summed E-state index contributed by atoms with van der Waals surface area (Å²) in [7, 11) is -4.63. The number of carbonyl (C=O) groups excluding carboxylic acids is 1. The molecule has 0 radical (unpaired) electrons. The summed E-state index contributed by atoms with van der Waals surface area (Å²) in [6.07, 6.45) is 1.91. The van der Waals surface area contributed by atoms with Crippen molar-refractivity contribution in [2.45, 2.75) is 69.9 Å². The zero-order valence-electron chi connectivity index (χ0n) is 23.8. The lowest BCUT2D eigenvalue weighted by atomic mass is 9.92. The lowest BCUT2D eigenvalue weighted by Crippen LogP contribution is -2.52. The molecule has 0 saturated carbocycles. The molecule has 4 N–H and O–H groups in total. The van der Waals surface area contributed by atoms with E-state index in [1.807, 2.05) is 24.8 Å². The van der Waals surface area contributed by atoms with Gasteiger partial charge in [-0.15, -0.1) is 6.42 Å². The van der Waals surface area contributed by atoms with Crippen LogP contribution in [-0.2, 0) is 23.4 Å². The van der Waals surface area contributed by atoms with Gasteiger partial charge in [0.1, 0.15) is 17.9 Å². The molecule has 1 fully saturated rings. The highest BCUT2D eigenvalue weighted by molar-refractivity contribution is 7.52. The molecule has 2 aromatic rings. The summed E-state index contributed by atoms with van der Waals surface area (Å²) in [6.45, 7) is 5.85. The van der Waals surface area contributed by atoms with Crippen LogP contribution in [0.1, 0.15) is 40.3 Å². The fraction of sp³-hybridized carbons (Fsp3) is 0.500. The van der Waals surface area contributed by atoms with Crippen LogP contribution >= 0.6 is 7.75 Å². The molecule has 1 aromatic carbocycles. The SMILES string of the molecule is C#C[C@]1(O)C(n2ccc(=O)[nH]c2=O)O[C@@](COP(=O)(N[C@@H](CC(C)C)C(=O)OC(C)C)Oc2ccccc2)(N=[N+]=[N-])[C@H]1O. The molecule has 1 aromatic heterocycles. The van der Waals surface area contributed by atoms with E-state index in [-0.39, 0.29) is 18.1 Å². The number of aromatic nitrogens is 2. The first-order valence-electron chi connectivity index (χ1n) is 13.1. The molecule has 1 saturated heterocycles. The summed E-state index contributed by atoms with van der Waals surface area (Å²) in [6, 6.07) is 7.49. The van der Waals surface area contributed by atoms with Crippen LogP contribution in [-0.4, -0.2) is 61.9 Å². The van der Waals surface area contributed by atoms with Gasteiger partial charge in [-0.05, 0) is 43.9 Å². The summed E-state index contributed by atoms with van der Waals surface area (Å²) in [4.78, 5) is 41.6. The van der Waals surface area contributed by atoms with Crippen LogP contribution in [0.3, 0.4) is 0 Å². The molecular formula is C26H33N6O10P. The van der Waals surface area contributed by atoms with Crippen LogP contribution in [0.2, 0.25) is 0 Å². The molecule has 16 nitrogen and oxygen atoms in total. The number of terminal acetylenes is 1. The van der Waals surface area contributed by atoms with Gasteiger partial charge in [-0.25, -0.2) is 9.36 Å². The van der Waals surface area contributed by atoms with E-state index in [2.05, 4.69) is 15.1 Å². The van der Waals surface area contributed by atoms with E-state index < -0.39 is 67.4 Å². The Kier molecular flexibility index (Phi) is 10.6. The van der Waals surface area contributed by atoms with Gasteiger partial charge in [0.15, 0.2) is 11.8 Å². The number of rotatable bonds is 13. The molecule has 0 aliphatic carbocycles. The van der Waals surface area contributed by atoms with Crippen molar-refractivity contribution in [3.63, 3.8) is 0 Å². The number of H-pyrrole nitrogens is 1. The van der Waals surface area contributed by atoms with Crippen molar-refractivity contribution in [3.8, 4) is 18.1 Å². The topological polar surface area (TPSA) is 227 Å². The lowest BCUT2D eigenvalue weighted by molar-refractivity contribution is -0.150. The number of carbonyl (C=O) groups is 1. The van der Waals surface area contributed by atoms with E-state index in [0.717, 1.165) is 12.3 Å². The van der Waals surface area contributed by atoms with Crippen LogP contribution in [0.4, 0.5) is 0 Å². The van der Waals surface area contributed by atoms with Crippen LogP contribution in [0, 0.1) is 18.3 Å². The fourth-order valence-electron chi connectivity index (χ4n) is 4.22. The van der Waals surface area contributed by atoms with Gasteiger partial charge >= 0.3 is 19.4 Å². The Morgan fingerprint density at radius 3 is 2.53 bits per heavy atom. The van der Waals surface area contributed by atoms with Gasteiger partial charge in [0.05, 0.1) is 12.7 Å². The quantitative estimate of drug-likeness (QED) is 0.0632. The number of esters is 1. The monoisotopic (exact) mass is 620 g/mol. The average molecular weight is 621 g/mol. The van der Waals surface area contributed by atoms with Gasteiger partial charge in [0.2, 0.25) is 5.72 Å². The van der Waals surface area contributed by atoms with Gasteiger partial charge in [-0.3, -0.25) is 23.7 Å². The fourth-order valence-corrected chi connectivity index (χ4v) is 5.75. The molecule has 1 aliphatic heterocycles. The number of aliphatic hydroxyl groups is 2.